The number of aliphatic hydroxyl groups is 1. The molecular formula is C33H33ClF2N3O3+. The fraction of sp³-hybridized carbons (Fsp3) is 0.273. The Hall–Kier alpha value is -4.05. The molecule has 0 unspecified atom stereocenters. The first-order valence-corrected chi connectivity index (χ1v) is 13.5. The summed E-state index contributed by atoms with van der Waals surface area (Å²) >= 11 is 6.22. The second-order valence-corrected chi connectivity index (χ2v) is 11.1. The number of benzene rings is 3. The lowest BCUT2D eigenvalue weighted by Gasteiger charge is -2.43. The van der Waals surface area contributed by atoms with E-state index >= 15 is 0 Å². The van der Waals surface area contributed by atoms with E-state index in [1.807, 2.05) is 44.2 Å². The Balaban J connectivity index is 2.15. The van der Waals surface area contributed by atoms with Gasteiger partial charge in [-0.2, -0.15) is 0 Å². The maximum Gasteiger partial charge on any atom is 0.347 e. The van der Waals surface area contributed by atoms with Crippen molar-refractivity contribution >= 4 is 23.4 Å². The van der Waals surface area contributed by atoms with Gasteiger partial charge >= 0.3 is 5.91 Å². The first-order valence-electron chi connectivity index (χ1n) is 13.2. The van der Waals surface area contributed by atoms with Crippen LogP contribution in [0.4, 0.5) is 8.78 Å². The molecule has 0 heterocycles. The van der Waals surface area contributed by atoms with Gasteiger partial charge in [-0.1, -0.05) is 41.9 Å². The molecule has 0 aliphatic carbocycles. The highest BCUT2D eigenvalue weighted by Gasteiger charge is 2.48. The fourth-order valence-corrected chi connectivity index (χ4v) is 5.32. The highest BCUT2D eigenvalue weighted by atomic mass is 35.5. The zero-order valence-electron chi connectivity index (χ0n) is 23.4. The highest BCUT2D eigenvalue weighted by Crippen LogP contribution is 2.28. The molecular weight excluding hydrogens is 560 g/mol. The van der Waals surface area contributed by atoms with Gasteiger partial charge in [-0.15, -0.1) is 12.8 Å². The fourth-order valence-electron chi connectivity index (χ4n) is 5.09. The third kappa shape index (κ3) is 7.61. The molecule has 2 amide bonds. The van der Waals surface area contributed by atoms with Crippen LogP contribution >= 0.6 is 11.6 Å². The molecule has 0 aliphatic rings. The van der Waals surface area contributed by atoms with Crippen LogP contribution in [0, 0.1) is 36.3 Å². The Bertz CT molecular complexity index is 1490. The topological polar surface area (TPSA) is 92.4 Å². The summed E-state index contributed by atoms with van der Waals surface area (Å²) in [6.07, 6.45) is 10.1. The minimum atomic E-state index is -1.29. The van der Waals surface area contributed by atoms with E-state index in [-0.39, 0.29) is 47.8 Å². The molecule has 4 N–H and O–H groups in total. The number of halogens is 3. The second kappa shape index (κ2) is 13.7. The van der Waals surface area contributed by atoms with Crippen LogP contribution in [0.1, 0.15) is 45.7 Å². The Labute approximate surface area is 250 Å². The quantitative estimate of drug-likeness (QED) is 0.214. The van der Waals surface area contributed by atoms with Crippen LogP contribution in [-0.4, -0.2) is 53.2 Å². The monoisotopic (exact) mass is 592 g/mol. The average Bonchev–Trinajstić information content (AvgIpc) is 2.93. The molecule has 0 saturated carbocycles. The van der Waals surface area contributed by atoms with E-state index in [1.165, 1.54) is 18.2 Å². The molecule has 218 valence electrons. The maximum absolute atomic E-state index is 14.4. The van der Waals surface area contributed by atoms with Crippen LogP contribution in [0.5, 0.6) is 0 Å². The predicted molar refractivity (Wildman–Crippen MR) is 159 cm³/mol. The summed E-state index contributed by atoms with van der Waals surface area (Å²) in [5.41, 5.74) is 5.96. The molecule has 0 aromatic heterocycles. The molecule has 0 fully saturated rings. The molecule has 0 spiro atoms. The maximum atomic E-state index is 14.4. The van der Waals surface area contributed by atoms with Gasteiger partial charge in [0.15, 0.2) is 0 Å². The van der Waals surface area contributed by atoms with Gasteiger partial charge in [-0.3, -0.25) is 4.79 Å². The first kappa shape index (κ1) is 32.5. The zero-order chi connectivity index (χ0) is 31.1. The average molecular weight is 593 g/mol. The summed E-state index contributed by atoms with van der Waals surface area (Å²) in [5, 5.41) is 15.1. The summed E-state index contributed by atoms with van der Waals surface area (Å²) < 4.78 is 27.8. The van der Waals surface area contributed by atoms with E-state index in [0.717, 1.165) is 23.8 Å². The minimum Gasteiger partial charge on any atom is -0.386 e. The summed E-state index contributed by atoms with van der Waals surface area (Å²) in [5.74, 6) is 1.89. The van der Waals surface area contributed by atoms with Gasteiger partial charge in [0.25, 0.3) is 0 Å². The van der Waals surface area contributed by atoms with Crippen molar-refractivity contribution in [1.82, 2.24) is 5.32 Å². The van der Waals surface area contributed by atoms with Crippen molar-refractivity contribution in [2.45, 2.75) is 38.0 Å². The van der Waals surface area contributed by atoms with E-state index in [0.29, 0.717) is 0 Å². The lowest BCUT2D eigenvalue weighted by atomic mass is 9.91. The van der Waals surface area contributed by atoms with Crippen LogP contribution in [-0.2, 0) is 12.0 Å². The van der Waals surface area contributed by atoms with Crippen LogP contribution in [0.25, 0.3) is 0 Å². The van der Waals surface area contributed by atoms with Crippen molar-refractivity contribution in [1.29, 1.82) is 0 Å². The summed E-state index contributed by atoms with van der Waals surface area (Å²) in [4.78, 5) is 26.3. The van der Waals surface area contributed by atoms with E-state index in [2.05, 4.69) is 17.2 Å². The number of rotatable bonds is 12. The molecule has 3 rings (SSSR count). The van der Waals surface area contributed by atoms with E-state index in [1.54, 1.807) is 0 Å². The molecule has 0 bridgehead atoms. The smallest absolute Gasteiger partial charge is 0.347 e. The molecule has 9 heteroatoms. The molecule has 42 heavy (non-hydrogen) atoms. The largest absolute Gasteiger partial charge is 0.386 e. The number of carbonyl (C=O) groups is 2. The summed E-state index contributed by atoms with van der Waals surface area (Å²) in [6.45, 7) is 3.28. The van der Waals surface area contributed by atoms with Crippen molar-refractivity contribution in [3.63, 3.8) is 0 Å². The number of nitrogens with one attached hydrogen (secondary N) is 1. The number of nitrogens with zero attached hydrogens (tertiary/aromatic N) is 1. The van der Waals surface area contributed by atoms with E-state index in [9.17, 15) is 23.5 Å². The Morgan fingerprint density at radius 2 is 1.57 bits per heavy atom. The minimum absolute atomic E-state index is 0.0120. The Kier molecular flexibility index (Phi) is 10.6. The number of hydrogen-bond donors (Lipinski definition) is 3. The number of hydrogen-bond acceptors (Lipinski definition) is 4. The number of carbonyl (C=O) groups excluding carboxylic acids is 2. The third-order valence-electron chi connectivity index (χ3n) is 7.28. The third-order valence-corrected chi connectivity index (χ3v) is 7.49. The molecule has 0 saturated heterocycles. The predicted octanol–water partition coefficient (Wildman–Crippen LogP) is 4.44. The molecule has 3 aromatic rings. The van der Waals surface area contributed by atoms with Crippen LogP contribution in [0.3, 0.4) is 0 Å². The van der Waals surface area contributed by atoms with E-state index < -0.39 is 45.6 Å². The number of aliphatic hydroxyl groups excluding tert-OH is 1. The molecule has 6 nitrogen and oxygen atoms in total. The highest BCUT2D eigenvalue weighted by molar-refractivity contribution is 6.31. The van der Waals surface area contributed by atoms with Crippen LogP contribution < -0.4 is 11.1 Å². The zero-order valence-corrected chi connectivity index (χ0v) is 24.2. The van der Waals surface area contributed by atoms with Gasteiger partial charge in [-0.05, 0) is 67.1 Å². The normalized spacial score (nSPS) is 13.0. The van der Waals surface area contributed by atoms with E-state index in [4.69, 9.17) is 30.2 Å². The van der Waals surface area contributed by atoms with Crippen LogP contribution in [0.15, 0.2) is 66.7 Å². The molecule has 2 atom stereocenters. The lowest BCUT2D eigenvalue weighted by Crippen LogP contribution is -2.66. The summed E-state index contributed by atoms with van der Waals surface area (Å²) in [6, 6.07) is 15.4. The molecule has 3 aromatic carbocycles. The molecule has 0 aliphatic heterocycles. The van der Waals surface area contributed by atoms with Crippen molar-refractivity contribution in [2.75, 3.05) is 19.6 Å². The Morgan fingerprint density at radius 1 is 1.00 bits per heavy atom. The van der Waals surface area contributed by atoms with Gasteiger partial charge in [0.1, 0.15) is 36.9 Å². The SMILES string of the molecule is C#CC[N+](CC#C)(C(=O)c1cc(Cl)cc(C(N)=O)c1)[C@@H](Cc1cc(F)cc(F)c1)[C@H](O)CNC(C)(C)c1ccccc1. The summed E-state index contributed by atoms with van der Waals surface area (Å²) in [7, 11) is 0. The Morgan fingerprint density at radius 3 is 2.12 bits per heavy atom. The van der Waals surface area contributed by atoms with Gasteiger partial charge < -0.3 is 16.2 Å². The van der Waals surface area contributed by atoms with Crippen molar-refractivity contribution < 1.29 is 28.0 Å². The van der Waals surface area contributed by atoms with Crippen molar-refractivity contribution in [3.8, 4) is 24.7 Å². The standard InChI is InChI=1S/C33H32ClF2N3O3/c1-5-12-39(13-6-2,32(42)24-17-23(31(37)41)18-26(34)19-24)29(16-22-14-27(35)20-28(36)15-22)30(40)21-38-33(3,4)25-10-8-7-9-11-25/h1-2,7-11,14-15,17-20,29-30,38,40H,12-13,16,21H2,3-4H3,(H-,37,41)/p+1/t29-,30+/m0/s1. The number of primary amides is 1. The van der Waals surface area contributed by atoms with Gasteiger partial charge in [0, 0.05) is 35.2 Å². The lowest BCUT2D eigenvalue weighted by molar-refractivity contribution is -0.864. The number of terminal acetylenes is 2. The van der Waals surface area contributed by atoms with Crippen molar-refractivity contribution in [2.24, 2.45) is 5.73 Å². The number of amides is 2. The van der Waals surface area contributed by atoms with Gasteiger partial charge in [0.2, 0.25) is 5.91 Å². The van der Waals surface area contributed by atoms with Crippen molar-refractivity contribution in [3.05, 3.63) is 106 Å². The molecule has 0 radical (unpaired) electrons. The van der Waals surface area contributed by atoms with Gasteiger partial charge in [0.05, 0.1) is 5.56 Å². The number of nitrogens with two attached hydrogens (primary N) is 1. The second-order valence-electron chi connectivity index (χ2n) is 10.6. The van der Waals surface area contributed by atoms with Gasteiger partial charge in [-0.25, -0.2) is 18.1 Å². The van der Waals surface area contributed by atoms with Crippen LogP contribution in [0.2, 0.25) is 5.02 Å². The number of quaternary nitrogens is 1. The first-order chi connectivity index (χ1) is 19.8.